The molecule has 1 saturated heterocycles. The zero-order valence-corrected chi connectivity index (χ0v) is 18.2. The Balaban J connectivity index is 1.32. The van der Waals surface area contributed by atoms with E-state index in [4.69, 9.17) is 9.26 Å². The van der Waals surface area contributed by atoms with Gasteiger partial charge in [0.25, 0.3) is 0 Å². The normalized spacial score (nSPS) is 15.5. The molecular formula is C23H21FN6O4. The minimum atomic E-state index is -0.576. The van der Waals surface area contributed by atoms with Gasteiger partial charge in [-0.15, -0.1) is 0 Å². The Kier molecular flexibility index (Phi) is 5.58. The van der Waals surface area contributed by atoms with Gasteiger partial charge in [-0.3, -0.25) is 9.69 Å². The summed E-state index contributed by atoms with van der Waals surface area (Å²) in [5.74, 6) is -0.0609. The van der Waals surface area contributed by atoms with Crippen molar-refractivity contribution in [2.24, 2.45) is 0 Å². The third kappa shape index (κ3) is 4.27. The smallest absolute Gasteiger partial charge is 0.414 e. The minimum absolute atomic E-state index is 0.207. The first-order chi connectivity index (χ1) is 16.5. The lowest BCUT2D eigenvalue weighted by Crippen LogP contribution is -2.33. The van der Waals surface area contributed by atoms with Gasteiger partial charge < -0.3 is 24.3 Å². The van der Waals surface area contributed by atoms with Crippen LogP contribution in [-0.2, 0) is 16.1 Å². The van der Waals surface area contributed by atoms with Gasteiger partial charge in [0.2, 0.25) is 5.91 Å². The van der Waals surface area contributed by atoms with Gasteiger partial charge in [0.15, 0.2) is 5.82 Å². The van der Waals surface area contributed by atoms with Crippen LogP contribution in [0.5, 0.6) is 0 Å². The largest absolute Gasteiger partial charge is 0.442 e. The fraction of sp³-hybridized carbons (Fsp3) is 0.217. The van der Waals surface area contributed by atoms with Gasteiger partial charge in [-0.25, -0.2) is 14.2 Å². The number of nitrogens with zero attached hydrogens (tertiary/aromatic N) is 4. The molecule has 1 atom stereocenters. The SMILES string of the molecule is CC(=O)NC[C@H]1CN(c2ccc(-c3ccn4c(CNc5ccon5)cnc4c3)c(F)c2)C(=O)O1. The van der Waals surface area contributed by atoms with Crippen molar-refractivity contribution >= 4 is 29.2 Å². The molecular weight excluding hydrogens is 443 g/mol. The molecule has 5 rings (SSSR count). The van der Waals surface area contributed by atoms with E-state index in [1.54, 1.807) is 36.5 Å². The molecule has 2 N–H and O–H groups in total. The third-order valence-electron chi connectivity index (χ3n) is 5.51. The summed E-state index contributed by atoms with van der Waals surface area (Å²) in [4.78, 5) is 29.1. The number of pyridine rings is 1. The highest BCUT2D eigenvalue weighted by Gasteiger charge is 2.32. The highest BCUT2D eigenvalue weighted by Crippen LogP contribution is 2.30. The Labute approximate surface area is 193 Å². The standard InChI is InChI=1S/C23H21FN6O4/c1-14(31)25-12-18-13-30(23(32)34-18)16-2-3-19(20(24)9-16)15-4-6-29-17(11-27-22(29)8-15)10-26-21-5-7-33-28-21/h2-9,11,18H,10,12-13H2,1H3,(H,25,31)(H,26,28)/t18-/m0/s1. The predicted molar refractivity (Wildman–Crippen MR) is 121 cm³/mol. The summed E-state index contributed by atoms with van der Waals surface area (Å²) in [6, 6.07) is 9.93. The number of nitrogens with one attached hydrogen (secondary N) is 2. The number of fused-ring (bicyclic) bond motifs is 1. The molecule has 34 heavy (non-hydrogen) atoms. The number of hydrogen-bond donors (Lipinski definition) is 2. The number of ether oxygens (including phenoxy) is 1. The van der Waals surface area contributed by atoms with Crippen molar-refractivity contribution < 1.29 is 23.2 Å². The van der Waals surface area contributed by atoms with Crippen molar-refractivity contribution in [1.29, 1.82) is 0 Å². The molecule has 11 heteroatoms. The Morgan fingerprint density at radius 1 is 1.26 bits per heavy atom. The average molecular weight is 464 g/mol. The van der Waals surface area contributed by atoms with Crippen molar-refractivity contribution in [3.63, 3.8) is 0 Å². The first kappa shape index (κ1) is 21.4. The van der Waals surface area contributed by atoms with Crippen LogP contribution in [0.15, 0.2) is 59.6 Å². The second-order valence-corrected chi connectivity index (χ2v) is 7.85. The van der Waals surface area contributed by atoms with Crippen LogP contribution in [0.3, 0.4) is 0 Å². The van der Waals surface area contributed by atoms with E-state index < -0.39 is 18.0 Å². The molecule has 0 aliphatic carbocycles. The molecule has 10 nitrogen and oxygen atoms in total. The van der Waals surface area contributed by atoms with Crippen molar-refractivity contribution in [1.82, 2.24) is 19.9 Å². The molecule has 4 aromatic rings. The molecule has 0 bridgehead atoms. The van der Waals surface area contributed by atoms with Gasteiger partial charge in [-0.2, -0.15) is 0 Å². The van der Waals surface area contributed by atoms with Crippen LogP contribution >= 0.6 is 0 Å². The van der Waals surface area contributed by atoms with E-state index in [1.807, 2.05) is 10.6 Å². The monoisotopic (exact) mass is 464 g/mol. The Hall–Kier alpha value is -4.41. The van der Waals surface area contributed by atoms with Crippen LogP contribution in [0, 0.1) is 5.82 Å². The fourth-order valence-corrected chi connectivity index (χ4v) is 3.82. The Morgan fingerprint density at radius 3 is 2.91 bits per heavy atom. The summed E-state index contributed by atoms with van der Waals surface area (Å²) in [5, 5.41) is 9.57. The van der Waals surface area contributed by atoms with Crippen molar-refractivity contribution in [2.75, 3.05) is 23.3 Å². The van der Waals surface area contributed by atoms with E-state index in [9.17, 15) is 9.59 Å². The molecule has 0 radical (unpaired) electrons. The zero-order valence-electron chi connectivity index (χ0n) is 18.2. The molecule has 0 saturated carbocycles. The number of amides is 2. The van der Waals surface area contributed by atoms with Gasteiger partial charge in [-0.1, -0.05) is 5.16 Å². The molecule has 1 aliphatic rings. The van der Waals surface area contributed by atoms with Crippen LogP contribution in [0.25, 0.3) is 16.8 Å². The van der Waals surface area contributed by atoms with E-state index in [1.165, 1.54) is 24.2 Å². The van der Waals surface area contributed by atoms with E-state index >= 15 is 4.39 Å². The number of halogens is 1. The quantitative estimate of drug-likeness (QED) is 0.432. The Bertz CT molecular complexity index is 1350. The van der Waals surface area contributed by atoms with E-state index in [-0.39, 0.29) is 19.0 Å². The lowest BCUT2D eigenvalue weighted by Gasteiger charge is -2.14. The maximum absolute atomic E-state index is 15.1. The number of carbonyl (C=O) groups excluding carboxylic acids is 2. The molecule has 4 heterocycles. The number of rotatable bonds is 7. The van der Waals surface area contributed by atoms with Gasteiger partial charge in [0.1, 0.15) is 23.8 Å². The molecule has 3 aromatic heterocycles. The summed E-state index contributed by atoms with van der Waals surface area (Å²) in [6.07, 6.45) is 3.99. The Morgan fingerprint density at radius 2 is 2.15 bits per heavy atom. The second kappa shape index (κ2) is 8.85. The lowest BCUT2D eigenvalue weighted by molar-refractivity contribution is -0.119. The number of anilines is 2. The predicted octanol–water partition coefficient (Wildman–Crippen LogP) is 3.20. The number of hydrogen-bond acceptors (Lipinski definition) is 7. The summed E-state index contributed by atoms with van der Waals surface area (Å²) >= 11 is 0. The van der Waals surface area contributed by atoms with Crippen molar-refractivity contribution in [3.8, 4) is 11.1 Å². The third-order valence-corrected chi connectivity index (χ3v) is 5.51. The summed E-state index contributed by atoms with van der Waals surface area (Å²) in [5.41, 5.74) is 3.01. The van der Waals surface area contributed by atoms with Crippen LogP contribution in [0.1, 0.15) is 12.6 Å². The lowest BCUT2D eigenvalue weighted by atomic mass is 10.1. The van der Waals surface area contributed by atoms with Gasteiger partial charge in [0, 0.05) is 24.8 Å². The number of benzene rings is 1. The number of imidazole rings is 1. The van der Waals surface area contributed by atoms with Gasteiger partial charge in [0.05, 0.1) is 37.2 Å². The number of carbonyl (C=O) groups is 2. The zero-order chi connectivity index (χ0) is 23.7. The number of aromatic nitrogens is 3. The van der Waals surface area contributed by atoms with Crippen LogP contribution in [0.4, 0.5) is 20.7 Å². The van der Waals surface area contributed by atoms with E-state index in [0.717, 1.165) is 5.69 Å². The van der Waals surface area contributed by atoms with Crippen LogP contribution in [-0.4, -0.2) is 45.7 Å². The maximum atomic E-state index is 15.1. The maximum Gasteiger partial charge on any atom is 0.414 e. The van der Waals surface area contributed by atoms with Gasteiger partial charge >= 0.3 is 6.09 Å². The summed E-state index contributed by atoms with van der Waals surface area (Å²) in [6.45, 7) is 2.31. The molecule has 174 valence electrons. The molecule has 1 aromatic carbocycles. The molecule has 1 fully saturated rings. The van der Waals surface area contributed by atoms with Crippen LogP contribution < -0.4 is 15.5 Å². The molecule has 0 spiro atoms. The topological polar surface area (TPSA) is 114 Å². The summed E-state index contributed by atoms with van der Waals surface area (Å²) in [7, 11) is 0. The number of cyclic esters (lactones) is 1. The highest BCUT2D eigenvalue weighted by atomic mass is 19.1. The fourth-order valence-electron chi connectivity index (χ4n) is 3.82. The highest BCUT2D eigenvalue weighted by molar-refractivity contribution is 5.90. The molecule has 1 aliphatic heterocycles. The van der Waals surface area contributed by atoms with E-state index in [2.05, 4.69) is 20.8 Å². The average Bonchev–Trinajstić information content (AvgIpc) is 3.56. The van der Waals surface area contributed by atoms with E-state index in [0.29, 0.717) is 34.8 Å². The summed E-state index contributed by atoms with van der Waals surface area (Å²) < 4.78 is 27.0. The molecule has 0 unspecified atom stereocenters. The van der Waals surface area contributed by atoms with Crippen LogP contribution in [0.2, 0.25) is 0 Å². The molecule has 2 amide bonds. The first-order valence-electron chi connectivity index (χ1n) is 10.6. The minimum Gasteiger partial charge on any atom is -0.442 e. The second-order valence-electron chi connectivity index (χ2n) is 7.85. The van der Waals surface area contributed by atoms with Crippen molar-refractivity contribution in [2.45, 2.75) is 19.6 Å². The first-order valence-corrected chi connectivity index (χ1v) is 10.6. The van der Waals surface area contributed by atoms with Gasteiger partial charge in [-0.05, 0) is 35.9 Å². The van der Waals surface area contributed by atoms with Crippen molar-refractivity contribution in [3.05, 3.63) is 66.6 Å².